The Hall–Kier alpha value is -1.75. The number of amides is 2. The molecule has 0 aliphatic carbocycles. The van der Waals surface area contributed by atoms with Gasteiger partial charge in [-0.05, 0) is 32.0 Å². The van der Waals surface area contributed by atoms with Crippen molar-refractivity contribution in [2.24, 2.45) is 0 Å². The summed E-state index contributed by atoms with van der Waals surface area (Å²) in [4.78, 5) is 25.6. The Morgan fingerprint density at radius 1 is 1.45 bits per heavy atom. The molecular weight excluding hydrogens is 280 g/mol. The summed E-state index contributed by atoms with van der Waals surface area (Å²) in [6, 6.07) is 4.85. The molecule has 1 aromatic carbocycles. The minimum Gasteiger partial charge on any atom is -0.495 e. The van der Waals surface area contributed by atoms with Gasteiger partial charge in [-0.3, -0.25) is 9.59 Å². The van der Waals surface area contributed by atoms with Crippen molar-refractivity contribution in [2.45, 2.75) is 19.4 Å². The van der Waals surface area contributed by atoms with E-state index in [2.05, 4.69) is 5.32 Å². The zero-order chi connectivity index (χ0) is 14.9. The number of halogens is 1. The van der Waals surface area contributed by atoms with Crippen LogP contribution in [0.1, 0.15) is 24.2 Å². The van der Waals surface area contributed by atoms with Crippen LogP contribution in [0.2, 0.25) is 5.02 Å². The number of nitrogens with zero attached hydrogens (tertiary/aromatic N) is 1. The molecule has 1 saturated heterocycles. The Labute approximate surface area is 122 Å². The minimum atomic E-state index is -0.433. The molecule has 2 rings (SSSR count). The van der Waals surface area contributed by atoms with Crippen LogP contribution in [0.15, 0.2) is 18.2 Å². The third-order valence-electron chi connectivity index (χ3n) is 3.39. The molecule has 1 heterocycles. The van der Waals surface area contributed by atoms with Gasteiger partial charge in [0, 0.05) is 12.1 Å². The molecule has 108 valence electrons. The second-order valence-corrected chi connectivity index (χ2v) is 5.74. The van der Waals surface area contributed by atoms with Gasteiger partial charge in [0.1, 0.15) is 12.3 Å². The number of hydrogen-bond acceptors (Lipinski definition) is 3. The van der Waals surface area contributed by atoms with Crippen LogP contribution in [0.5, 0.6) is 5.75 Å². The van der Waals surface area contributed by atoms with E-state index < -0.39 is 5.54 Å². The predicted octanol–water partition coefficient (Wildman–Crippen LogP) is 1.70. The van der Waals surface area contributed by atoms with Gasteiger partial charge in [-0.15, -0.1) is 0 Å². The molecule has 1 aliphatic heterocycles. The van der Waals surface area contributed by atoms with Gasteiger partial charge < -0.3 is 15.0 Å². The van der Waals surface area contributed by atoms with Gasteiger partial charge in [0.15, 0.2) is 0 Å². The van der Waals surface area contributed by atoms with E-state index in [0.717, 1.165) is 0 Å². The zero-order valence-electron chi connectivity index (χ0n) is 11.7. The molecule has 1 aliphatic rings. The smallest absolute Gasteiger partial charge is 0.254 e. The van der Waals surface area contributed by atoms with Crippen LogP contribution >= 0.6 is 11.6 Å². The summed E-state index contributed by atoms with van der Waals surface area (Å²) >= 11 is 6.04. The van der Waals surface area contributed by atoms with Crippen molar-refractivity contribution in [3.05, 3.63) is 28.8 Å². The number of methoxy groups -OCH3 is 1. The molecule has 1 fully saturated rings. The molecule has 0 atom stereocenters. The van der Waals surface area contributed by atoms with E-state index >= 15 is 0 Å². The summed E-state index contributed by atoms with van der Waals surface area (Å²) in [6.45, 7) is 4.31. The van der Waals surface area contributed by atoms with Gasteiger partial charge in [0.2, 0.25) is 5.91 Å². The third-order valence-corrected chi connectivity index (χ3v) is 3.69. The second-order valence-electron chi connectivity index (χ2n) is 5.33. The standard InChI is InChI=1S/C14H17ClN2O3/c1-14(2)8-16-12(18)7-17(14)13(19)9-4-5-11(20-3)10(15)6-9/h4-6H,7-8H2,1-3H3,(H,16,18). The van der Waals surface area contributed by atoms with Crippen LogP contribution in [0, 0.1) is 0 Å². The minimum absolute atomic E-state index is 0.0511. The van der Waals surface area contributed by atoms with Crippen molar-refractivity contribution in [2.75, 3.05) is 20.2 Å². The van der Waals surface area contributed by atoms with E-state index in [-0.39, 0.29) is 18.4 Å². The lowest BCUT2D eigenvalue weighted by Crippen LogP contribution is -2.62. The molecule has 1 N–H and O–H groups in total. The number of ether oxygens (including phenoxy) is 1. The fourth-order valence-corrected chi connectivity index (χ4v) is 2.38. The quantitative estimate of drug-likeness (QED) is 0.904. The Kier molecular flexibility index (Phi) is 3.90. The second kappa shape index (κ2) is 5.32. The molecule has 0 unspecified atom stereocenters. The summed E-state index contributed by atoms with van der Waals surface area (Å²) in [5.41, 5.74) is 0.00999. The fraction of sp³-hybridized carbons (Fsp3) is 0.429. The van der Waals surface area contributed by atoms with Gasteiger partial charge in [0.25, 0.3) is 5.91 Å². The van der Waals surface area contributed by atoms with Crippen LogP contribution in [0.4, 0.5) is 0 Å². The summed E-state index contributed by atoms with van der Waals surface area (Å²) in [6.07, 6.45) is 0. The van der Waals surface area contributed by atoms with Crippen molar-refractivity contribution < 1.29 is 14.3 Å². The normalized spacial score (nSPS) is 17.6. The highest BCUT2D eigenvalue weighted by atomic mass is 35.5. The topological polar surface area (TPSA) is 58.6 Å². The predicted molar refractivity (Wildman–Crippen MR) is 76.1 cm³/mol. The number of benzene rings is 1. The maximum Gasteiger partial charge on any atom is 0.254 e. The Balaban J connectivity index is 2.30. The van der Waals surface area contributed by atoms with Crippen LogP contribution in [0.3, 0.4) is 0 Å². The molecule has 20 heavy (non-hydrogen) atoms. The van der Waals surface area contributed by atoms with Crippen molar-refractivity contribution in [3.8, 4) is 5.75 Å². The maximum absolute atomic E-state index is 12.6. The lowest BCUT2D eigenvalue weighted by molar-refractivity contribution is -0.126. The third kappa shape index (κ3) is 2.72. The average Bonchev–Trinajstić information content (AvgIpc) is 2.40. The highest BCUT2D eigenvalue weighted by molar-refractivity contribution is 6.32. The molecule has 0 spiro atoms. The van der Waals surface area contributed by atoms with Gasteiger partial charge in [-0.25, -0.2) is 0 Å². The van der Waals surface area contributed by atoms with E-state index in [1.54, 1.807) is 23.1 Å². The van der Waals surface area contributed by atoms with E-state index in [1.807, 2.05) is 13.8 Å². The van der Waals surface area contributed by atoms with Crippen molar-refractivity contribution in [1.82, 2.24) is 10.2 Å². The number of nitrogens with one attached hydrogen (secondary N) is 1. The van der Waals surface area contributed by atoms with Crippen LogP contribution < -0.4 is 10.1 Å². The van der Waals surface area contributed by atoms with E-state index in [4.69, 9.17) is 16.3 Å². The number of rotatable bonds is 2. The Morgan fingerprint density at radius 3 is 2.75 bits per heavy atom. The summed E-state index contributed by atoms with van der Waals surface area (Å²) in [7, 11) is 1.51. The summed E-state index contributed by atoms with van der Waals surface area (Å²) < 4.78 is 5.06. The SMILES string of the molecule is COc1ccc(C(=O)N2CC(=O)NCC2(C)C)cc1Cl. The van der Waals surface area contributed by atoms with Gasteiger partial charge in [-0.1, -0.05) is 11.6 Å². The van der Waals surface area contributed by atoms with E-state index in [1.165, 1.54) is 7.11 Å². The van der Waals surface area contributed by atoms with Crippen molar-refractivity contribution in [1.29, 1.82) is 0 Å². The molecule has 0 bridgehead atoms. The molecule has 5 nitrogen and oxygen atoms in total. The Bertz CT molecular complexity index is 557. The first-order valence-electron chi connectivity index (χ1n) is 6.27. The fourth-order valence-electron chi connectivity index (χ4n) is 2.13. The molecular formula is C14H17ClN2O3. The first-order chi connectivity index (χ1) is 9.35. The summed E-state index contributed by atoms with van der Waals surface area (Å²) in [5, 5.41) is 3.13. The molecule has 6 heteroatoms. The number of carbonyl (C=O) groups excluding carboxylic acids is 2. The molecule has 0 radical (unpaired) electrons. The molecule has 1 aromatic rings. The summed E-state index contributed by atoms with van der Waals surface area (Å²) in [5.74, 6) is 0.144. The van der Waals surface area contributed by atoms with Crippen LogP contribution in [0.25, 0.3) is 0 Å². The lowest BCUT2D eigenvalue weighted by Gasteiger charge is -2.42. The van der Waals surface area contributed by atoms with Gasteiger partial charge >= 0.3 is 0 Å². The van der Waals surface area contributed by atoms with E-state index in [9.17, 15) is 9.59 Å². The molecule has 2 amide bonds. The molecule has 0 aromatic heterocycles. The van der Waals surface area contributed by atoms with Gasteiger partial charge in [0.05, 0.1) is 17.7 Å². The first-order valence-corrected chi connectivity index (χ1v) is 6.65. The van der Waals surface area contributed by atoms with Gasteiger partial charge in [-0.2, -0.15) is 0 Å². The van der Waals surface area contributed by atoms with Crippen LogP contribution in [-0.4, -0.2) is 42.5 Å². The van der Waals surface area contributed by atoms with Crippen molar-refractivity contribution >= 4 is 23.4 Å². The number of carbonyl (C=O) groups is 2. The Morgan fingerprint density at radius 2 is 2.15 bits per heavy atom. The van der Waals surface area contributed by atoms with E-state index in [0.29, 0.717) is 22.9 Å². The van der Waals surface area contributed by atoms with Crippen LogP contribution in [-0.2, 0) is 4.79 Å². The lowest BCUT2D eigenvalue weighted by atomic mass is 9.98. The maximum atomic E-state index is 12.6. The number of hydrogen-bond donors (Lipinski definition) is 1. The van der Waals surface area contributed by atoms with Crippen molar-refractivity contribution in [3.63, 3.8) is 0 Å². The monoisotopic (exact) mass is 296 g/mol. The largest absolute Gasteiger partial charge is 0.495 e. The highest BCUT2D eigenvalue weighted by Crippen LogP contribution is 2.27. The zero-order valence-corrected chi connectivity index (χ0v) is 12.5. The molecule has 0 saturated carbocycles. The first kappa shape index (κ1) is 14.7. The highest BCUT2D eigenvalue weighted by Gasteiger charge is 2.37. The average molecular weight is 297 g/mol. The number of piperazine rings is 1.